The molecule has 5 nitrogen and oxygen atoms in total. The van der Waals surface area contributed by atoms with Crippen molar-refractivity contribution in [1.82, 2.24) is 10.5 Å². The smallest absolute Gasteiger partial charge is 0.274 e. The molecule has 2 aromatic rings. The van der Waals surface area contributed by atoms with Gasteiger partial charge in [-0.3, -0.25) is 10.0 Å². The molecular weight excluding hydrogens is 302 g/mol. The van der Waals surface area contributed by atoms with E-state index in [0.29, 0.717) is 17.3 Å². The van der Waals surface area contributed by atoms with Crippen LogP contribution in [0.2, 0.25) is 5.15 Å². The molecule has 0 atom stereocenters. The minimum absolute atomic E-state index is 0.401. The van der Waals surface area contributed by atoms with Crippen molar-refractivity contribution >= 4 is 29.3 Å². The molecule has 1 aromatic carbocycles. The van der Waals surface area contributed by atoms with Gasteiger partial charge in [-0.05, 0) is 36.8 Å². The highest BCUT2D eigenvalue weighted by molar-refractivity contribution is 6.31. The Hall–Kier alpha value is -2.37. The maximum atomic E-state index is 11.2. The number of nitrogens with zero attached hydrogens (tertiary/aromatic N) is 1. The van der Waals surface area contributed by atoms with E-state index in [-0.39, 0.29) is 0 Å². The highest BCUT2D eigenvalue weighted by Gasteiger charge is 2.03. The predicted molar refractivity (Wildman–Crippen MR) is 87.1 cm³/mol. The third kappa shape index (κ3) is 4.31. The molecule has 0 fully saturated rings. The van der Waals surface area contributed by atoms with E-state index in [4.69, 9.17) is 16.8 Å². The molecule has 0 unspecified atom stereocenters. The van der Waals surface area contributed by atoms with Crippen LogP contribution in [0.25, 0.3) is 6.08 Å². The summed E-state index contributed by atoms with van der Waals surface area (Å²) in [6.07, 6.45) is 3.64. The van der Waals surface area contributed by atoms with Crippen molar-refractivity contribution in [2.24, 2.45) is 0 Å². The van der Waals surface area contributed by atoms with Crippen LogP contribution in [-0.4, -0.2) is 22.6 Å². The number of carbonyl (C=O) groups is 1. The standard InChI is InChI=1S/C16H16ClN3O2/c1-11(10-19-14-3-2-8-18-15(14)17)9-12-4-6-13(7-5-12)16(21)20-22/h2-9,19,22H,10H2,1H3,(H,20,21)/b11-9+. The Morgan fingerprint density at radius 1 is 1.32 bits per heavy atom. The summed E-state index contributed by atoms with van der Waals surface area (Å²) in [6, 6.07) is 10.6. The number of hydrogen-bond acceptors (Lipinski definition) is 4. The lowest BCUT2D eigenvalue weighted by atomic mass is 10.1. The van der Waals surface area contributed by atoms with Gasteiger partial charge in [-0.1, -0.05) is 35.4 Å². The van der Waals surface area contributed by atoms with Gasteiger partial charge in [0, 0.05) is 18.3 Å². The van der Waals surface area contributed by atoms with Crippen molar-refractivity contribution in [2.45, 2.75) is 6.92 Å². The second-order valence-electron chi connectivity index (χ2n) is 4.75. The Bertz CT molecular complexity index is 684. The number of halogens is 1. The zero-order chi connectivity index (χ0) is 15.9. The van der Waals surface area contributed by atoms with Gasteiger partial charge in [0.1, 0.15) is 0 Å². The van der Waals surface area contributed by atoms with Crippen molar-refractivity contribution in [3.63, 3.8) is 0 Å². The number of amides is 1. The minimum atomic E-state index is -0.528. The summed E-state index contributed by atoms with van der Waals surface area (Å²) in [6.45, 7) is 2.62. The molecule has 0 aliphatic carbocycles. The maximum absolute atomic E-state index is 11.2. The molecule has 114 valence electrons. The van der Waals surface area contributed by atoms with Crippen LogP contribution in [0.4, 0.5) is 5.69 Å². The Kier molecular flexibility index (Phi) is 5.52. The number of anilines is 1. The Labute approximate surface area is 133 Å². The predicted octanol–water partition coefficient (Wildman–Crippen LogP) is 3.37. The van der Waals surface area contributed by atoms with Crippen molar-refractivity contribution in [3.8, 4) is 0 Å². The number of carbonyl (C=O) groups excluding carboxylic acids is 1. The monoisotopic (exact) mass is 317 g/mol. The molecular formula is C16H16ClN3O2. The van der Waals surface area contributed by atoms with E-state index in [1.807, 2.05) is 37.3 Å². The highest BCUT2D eigenvalue weighted by Crippen LogP contribution is 2.18. The van der Waals surface area contributed by atoms with Gasteiger partial charge in [-0.15, -0.1) is 0 Å². The molecule has 0 aliphatic rings. The second kappa shape index (κ2) is 7.59. The van der Waals surface area contributed by atoms with Gasteiger partial charge in [-0.2, -0.15) is 0 Å². The van der Waals surface area contributed by atoms with Gasteiger partial charge in [0.25, 0.3) is 5.91 Å². The van der Waals surface area contributed by atoms with E-state index in [0.717, 1.165) is 16.8 Å². The third-order valence-electron chi connectivity index (χ3n) is 3.00. The van der Waals surface area contributed by atoms with Crippen LogP contribution in [0, 0.1) is 0 Å². The van der Waals surface area contributed by atoms with Crippen LogP contribution < -0.4 is 10.8 Å². The van der Waals surface area contributed by atoms with Crippen molar-refractivity contribution < 1.29 is 10.0 Å². The normalized spacial score (nSPS) is 11.1. The molecule has 22 heavy (non-hydrogen) atoms. The molecule has 1 heterocycles. The topological polar surface area (TPSA) is 74.2 Å². The molecule has 0 saturated heterocycles. The van der Waals surface area contributed by atoms with Crippen LogP contribution >= 0.6 is 11.6 Å². The zero-order valence-corrected chi connectivity index (χ0v) is 12.8. The summed E-state index contributed by atoms with van der Waals surface area (Å²) in [5.74, 6) is -0.528. The summed E-state index contributed by atoms with van der Waals surface area (Å²) >= 11 is 5.98. The molecule has 0 saturated carbocycles. The molecule has 2 rings (SSSR count). The summed E-state index contributed by atoms with van der Waals surface area (Å²) in [5.41, 5.74) is 4.85. The Morgan fingerprint density at radius 3 is 2.68 bits per heavy atom. The second-order valence-corrected chi connectivity index (χ2v) is 5.11. The summed E-state index contributed by atoms with van der Waals surface area (Å²) < 4.78 is 0. The van der Waals surface area contributed by atoms with Gasteiger partial charge >= 0.3 is 0 Å². The highest BCUT2D eigenvalue weighted by atomic mass is 35.5. The van der Waals surface area contributed by atoms with Gasteiger partial charge in [0.2, 0.25) is 0 Å². The van der Waals surface area contributed by atoms with Gasteiger partial charge in [-0.25, -0.2) is 10.5 Å². The lowest BCUT2D eigenvalue weighted by Gasteiger charge is -2.08. The molecule has 3 N–H and O–H groups in total. The number of hydrogen-bond donors (Lipinski definition) is 3. The fraction of sp³-hybridized carbons (Fsp3) is 0.125. The van der Waals surface area contributed by atoms with Crippen LogP contribution in [0.5, 0.6) is 0 Å². The average molecular weight is 318 g/mol. The SMILES string of the molecule is C/C(=C\c1ccc(C(=O)NO)cc1)CNc1cccnc1Cl. The first kappa shape index (κ1) is 16.0. The Balaban J connectivity index is 2.00. The first-order chi connectivity index (χ1) is 10.6. The van der Waals surface area contributed by atoms with Crippen molar-refractivity contribution in [2.75, 3.05) is 11.9 Å². The number of nitrogens with one attached hydrogen (secondary N) is 2. The van der Waals surface area contributed by atoms with E-state index in [1.165, 1.54) is 0 Å². The number of rotatable bonds is 5. The lowest BCUT2D eigenvalue weighted by Crippen LogP contribution is -2.18. The molecule has 6 heteroatoms. The maximum Gasteiger partial charge on any atom is 0.274 e. The number of pyridine rings is 1. The quantitative estimate of drug-likeness (QED) is 0.449. The van der Waals surface area contributed by atoms with E-state index < -0.39 is 5.91 Å². The zero-order valence-electron chi connectivity index (χ0n) is 12.0. The molecule has 0 bridgehead atoms. The number of aromatic nitrogens is 1. The third-order valence-corrected chi connectivity index (χ3v) is 3.31. The van der Waals surface area contributed by atoms with Crippen LogP contribution in [0.1, 0.15) is 22.8 Å². The van der Waals surface area contributed by atoms with Crippen LogP contribution in [0.3, 0.4) is 0 Å². The summed E-state index contributed by atoms with van der Waals surface area (Å²) in [5, 5.41) is 12.2. The first-order valence-corrected chi connectivity index (χ1v) is 7.04. The van der Waals surface area contributed by atoms with Gasteiger partial charge in [0.15, 0.2) is 5.15 Å². The van der Waals surface area contributed by atoms with E-state index in [9.17, 15) is 4.79 Å². The van der Waals surface area contributed by atoms with E-state index >= 15 is 0 Å². The van der Waals surface area contributed by atoms with Crippen LogP contribution in [0.15, 0.2) is 48.2 Å². The lowest BCUT2D eigenvalue weighted by molar-refractivity contribution is 0.0706. The van der Waals surface area contributed by atoms with Crippen LogP contribution in [-0.2, 0) is 0 Å². The Morgan fingerprint density at radius 2 is 2.05 bits per heavy atom. The molecule has 0 radical (unpaired) electrons. The average Bonchev–Trinajstić information content (AvgIpc) is 2.54. The van der Waals surface area contributed by atoms with Gasteiger partial charge in [0.05, 0.1) is 5.69 Å². The minimum Gasteiger partial charge on any atom is -0.379 e. The number of hydroxylamine groups is 1. The number of benzene rings is 1. The fourth-order valence-electron chi connectivity index (χ4n) is 1.88. The summed E-state index contributed by atoms with van der Waals surface area (Å²) in [4.78, 5) is 15.2. The van der Waals surface area contributed by atoms with Crippen molar-refractivity contribution in [3.05, 3.63) is 64.4 Å². The molecule has 1 aromatic heterocycles. The molecule has 0 aliphatic heterocycles. The van der Waals surface area contributed by atoms with Gasteiger partial charge < -0.3 is 5.32 Å². The summed E-state index contributed by atoms with van der Waals surface area (Å²) in [7, 11) is 0. The van der Waals surface area contributed by atoms with E-state index in [2.05, 4.69) is 10.3 Å². The largest absolute Gasteiger partial charge is 0.379 e. The van der Waals surface area contributed by atoms with E-state index in [1.54, 1.807) is 23.8 Å². The first-order valence-electron chi connectivity index (χ1n) is 6.66. The molecule has 0 spiro atoms. The van der Waals surface area contributed by atoms with Crippen molar-refractivity contribution in [1.29, 1.82) is 0 Å². The molecule has 1 amide bonds. The fourth-order valence-corrected chi connectivity index (χ4v) is 2.07.